The second kappa shape index (κ2) is 9.85. The van der Waals surface area contributed by atoms with Gasteiger partial charge in [-0.05, 0) is 48.5 Å². The third-order valence-electron chi connectivity index (χ3n) is 5.03. The summed E-state index contributed by atoms with van der Waals surface area (Å²) in [5, 5.41) is 6.28. The third-order valence-corrected chi connectivity index (χ3v) is 6.41. The van der Waals surface area contributed by atoms with Crippen LogP contribution < -0.4 is 24.8 Å². The molecule has 0 radical (unpaired) electrons. The van der Waals surface area contributed by atoms with E-state index in [1.165, 1.54) is 18.5 Å². The van der Waals surface area contributed by atoms with Crippen molar-refractivity contribution >= 4 is 38.9 Å². The lowest BCUT2D eigenvalue weighted by molar-refractivity contribution is 0.297. The quantitative estimate of drug-likeness (QED) is 0.347. The Hall–Kier alpha value is -4.38. The summed E-state index contributed by atoms with van der Waals surface area (Å²) in [6.07, 6.45) is 3.87. The SMILES string of the molecule is O=S(=O)(Nc1ccc(Nc2cc(Nc3ccccn3)ncn2)cc1)c1ccc2c(c1)OCCCO2. The van der Waals surface area contributed by atoms with E-state index >= 15 is 0 Å². The number of hydrogen-bond acceptors (Lipinski definition) is 9. The van der Waals surface area contributed by atoms with Crippen LogP contribution in [0.3, 0.4) is 0 Å². The van der Waals surface area contributed by atoms with Crippen LogP contribution in [0.4, 0.5) is 28.8 Å². The first kappa shape index (κ1) is 22.4. The Morgan fingerprint density at radius 3 is 2.23 bits per heavy atom. The number of rotatable bonds is 7. The minimum atomic E-state index is -3.81. The molecule has 0 saturated heterocycles. The summed E-state index contributed by atoms with van der Waals surface area (Å²) in [7, 11) is -3.81. The normalized spacial score (nSPS) is 12.9. The number of benzene rings is 2. The van der Waals surface area contributed by atoms with Gasteiger partial charge in [0.05, 0.1) is 18.1 Å². The van der Waals surface area contributed by atoms with E-state index in [-0.39, 0.29) is 4.90 Å². The molecule has 3 heterocycles. The Bertz CT molecular complexity index is 1420. The first-order chi connectivity index (χ1) is 17.0. The summed E-state index contributed by atoms with van der Waals surface area (Å²) in [4.78, 5) is 12.7. The molecule has 1 aliphatic heterocycles. The lowest BCUT2D eigenvalue weighted by Crippen LogP contribution is -2.13. The Kier molecular flexibility index (Phi) is 6.31. The standard InChI is InChI=1S/C24H22N6O4S/c31-35(32,19-9-10-20-21(14-19)34-13-3-12-33-20)30-18-7-5-17(6-8-18)28-23-15-24(27-16-26-23)29-22-4-1-2-11-25-22/h1-2,4-11,14-16,30H,3,12-13H2,(H2,25,26,27,28,29). The van der Waals surface area contributed by atoms with Gasteiger partial charge in [-0.15, -0.1) is 0 Å². The van der Waals surface area contributed by atoms with Crippen molar-refractivity contribution in [2.45, 2.75) is 11.3 Å². The number of nitrogens with zero attached hydrogens (tertiary/aromatic N) is 3. The van der Waals surface area contributed by atoms with Crippen LogP contribution in [0.2, 0.25) is 0 Å². The number of sulfonamides is 1. The highest BCUT2D eigenvalue weighted by Crippen LogP contribution is 2.32. The molecule has 0 saturated carbocycles. The molecule has 3 N–H and O–H groups in total. The van der Waals surface area contributed by atoms with E-state index in [1.54, 1.807) is 42.6 Å². The van der Waals surface area contributed by atoms with Crippen LogP contribution in [0.5, 0.6) is 11.5 Å². The predicted octanol–water partition coefficient (Wildman–Crippen LogP) is 4.32. The molecule has 178 valence electrons. The summed E-state index contributed by atoms with van der Waals surface area (Å²) in [6, 6.07) is 18.7. The van der Waals surface area contributed by atoms with E-state index in [0.717, 1.165) is 12.1 Å². The van der Waals surface area contributed by atoms with E-state index < -0.39 is 10.0 Å². The molecule has 0 amide bonds. The van der Waals surface area contributed by atoms with Gasteiger partial charge in [-0.1, -0.05) is 6.07 Å². The van der Waals surface area contributed by atoms with Gasteiger partial charge in [-0.3, -0.25) is 4.72 Å². The van der Waals surface area contributed by atoms with Gasteiger partial charge in [0.1, 0.15) is 23.8 Å². The highest BCUT2D eigenvalue weighted by atomic mass is 32.2. The molecule has 2 aromatic carbocycles. The fourth-order valence-corrected chi connectivity index (χ4v) is 4.43. The van der Waals surface area contributed by atoms with Crippen molar-refractivity contribution < 1.29 is 17.9 Å². The predicted molar refractivity (Wildman–Crippen MR) is 132 cm³/mol. The molecule has 0 atom stereocenters. The Morgan fingerprint density at radius 2 is 1.46 bits per heavy atom. The fraction of sp³-hybridized carbons (Fsp3) is 0.125. The summed E-state index contributed by atoms with van der Waals surface area (Å²) in [5.41, 5.74) is 1.15. The molecule has 0 bridgehead atoms. The van der Waals surface area contributed by atoms with Crippen molar-refractivity contribution in [1.29, 1.82) is 0 Å². The summed E-state index contributed by atoms with van der Waals surface area (Å²) in [5.74, 6) is 2.79. The lowest BCUT2D eigenvalue weighted by atomic mass is 10.3. The maximum absolute atomic E-state index is 12.9. The highest BCUT2D eigenvalue weighted by Gasteiger charge is 2.19. The van der Waals surface area contributed by atoms with Crippen LogP contribution in [0, 0.1) is 0 Å². The largest absolute Gasteiger partial charge is 0.490 e. The van der Waals surface area contributed by atoms with Crippen molar-refractivity contribution in [3.63, 3.8) is 0 Å². The monoisotopic (exact) mass is 490 g/mol. The number of ether oxygens (including phenoxy) is 2. The van der Waals surface area contributed by atoms with Crippen LogP contribution in [0.25, 0.3) is 0 Å². The zero-order valence-corrected chi connectivity index (χ0v) is 19.3. The molecule has 0 spiro atoms. The Balaban J connectivity index is 1.25. The summed E-state index contributed by atoms with van der Waals surface area (Å²) >= 11 is 0. The average Bonchev–Trinajstić information content (AvgIpc) is 3.11. The van der Waals surface area contributed by atoms with Crippen molar-refractivity contribution in [3.8, 4) is 11.5 Å². The number of aromatic nitrogens is 3. The smallest absolute Gasteiger partial charge is 0.262 e. The second-order valence-electron chi connectivity index (χ2n) is 7.60. The number of fused-ring (bicyclic) bond motifs is 1. The number of hydrogen-bond donors (Lipinski definition) is 3. The minimum absolute atomic E-state index is 0.0953. The van der Waals surface area contributed by atoms with Crippen LogP contribution in [0.1, 0.15) is 6.42 Å². The second-order valence-corrected chi connectivity index (χ2v) is 9.28. The first-order valence-electron chi connectivity index (χ1n) is 10.8. The molecule has 2 aromatic heterocycles. The van der Waals surface area contributed by atoms with Crippen molar-refractivity contribution in [1.82, 2.24) is 15.0 Å². The molecular weight excluding hydrogens is 468 g/mol. The fourth-order valence-electron chi connectivity index (χ4n) is 3.36. The highest BCUT2D eigenvalue weighted by molar-refractivity contribution is 7.92. The minimum Gasteiger partial charge on any atom is -0.490 e. The molecule has 0 unspecified atom stereocenters. The van der Waals surface area contributed by atoms with E-state index in [1.807, 2.05) is 18.2 Å². The van der Waals surface area contributed by atoms with Gasteiger partial charge in [0.15, 0.2) is 11.5 Å². The maximum atomic E-state index is 12.9. The van der Waals surface area contributed by atoms with Crippen LogP contribution >= 0.6 is 0 Å². The van der Waals surface area contributed by atoms with E-state index in [0.29, 0.717) is 47.9 Å². The molecule has 4 aromatic rings. The van der Waals surface area contributed by atoms with Crippen molar-refractivity contribution in [2.75, 3.05) is 28.6 Å². The topological polar surface area (TPSA) is 127 Å². The summed E-state index contributed by atoms with van der Waals surface area (Å²) < 4.78 is 39.5. The van der Waals surface area contributed by atoms with Gasteiger partial charge in [-0.2, -0.15) is 0 Å². The van der Waals surface area contributed by atoms with Gasteiger partial charge in [0, 0.05) is 36.1 Å². The Morgan fingerprint density at radius 1 is 0.714 bits per heavy atom. The molecular formula is C24H22N6O4S. The van der Waals surface area contributed by atoms with Gasteiger partial charge in [0.25, 0.3) is 10.0 Å². The molecule has 0 fully saturated rings. The lowest BCUT2D eigenvalue weighted by Gasteiger charge is -2.12. The van der Waals surface area contributed by atoms with Crippen LogP contribution in [-0.4, -0.2) is 36.6 Å². The molecule has 35 heavy (non-hydrogen) atoms. The third kappa shape index (κ3) is 5.58. The molecule has 11 heteroatoms. The first-order valence-corrected chi connectivity index (χ1v) is 12.3. The van der Waals surface area contributed by atoms with E-state index in [2.05, 4.69) is 30.3 Å². The van der Waals surface area contributed by atoms with Crippen LogP contribution in [-0.2, 0) is 10.0 Å². The van der Waals surface area contributed by atoms with Crippen molar-refractivity contribution in [2.24, 2.45) is 0 Å². The molecule has 0 aliphatic carbocycles. The van der Waals surface area contributed by atoms with Crippen molar-refractivity contribution in [3.05, 3.63) is 79.3 Å². The van der Waals surface area contributed by atoms with E-state index in [9.17, 15) is 8.42 Å². The number of pyridine rings is 1. The number of nitrogens with one attached hydrogen (secondary N) is 3. The molecule has 1 aliphatic rings. The zero-order chi connectivity index (χ0) is 24.1. The van der Waals surface area contributed by atoms with Gasteiger partial charge < -0.3 is 20.1 Å². The van der Waals surface area contributed by atoms with Gasteiger partial charge in [0.2, 0.25) is 0 Å². The van der Waals surface area contributed by atoms with Gasteiger partial charge >= 0.3 is 0 Å². The Labute approximate surface area is 202 Å². The van der Waals surface area contributed by atoms with Gasteiger partial charge in [-0.25, -0.2) is 23.4 Å². The van der Waals surface area contributed by atoms with Crippen LogP contribution in [0.15, 0.2) is 84.1 Å². The number of anilines is 5. The van der Waals surface area contributed by atoms with E-state index in [4.69, 9.17) is 9.47 Å². The average molecular weight is 491 g/mol. The maximum Gasteiger partial charge on any atom is 0.262 e. The summed E-state index contributed by atoms with van der Waals surface area (Å²) in [6.45, 7) is 1.01. The molecule has 10 nitrogen and oxygen atoms in total. The molecule has 5 rings (SSSR count). The zero-order valence-electron chi connectivity index (χ0n) is 18.5.